The van der Waals surface area contributed by atoms with E-state index in [4.69, 9.17) is 11.6 Å². The van der Waals surface area contributed by atoms with Crippen LogP contribution < -0.4 is 0 Å². The summed E-state index contributed by atoms with van der Waals surface area (Å²) in [6, 6.07) is -0.161. The van der Waals surface area contributed by atoms with Crippen molar-refractivity contribution in [3.63, 3.8) is 0 Å². The van der Waals surface area contributed by atoms with Crippen LogP contribution in [0.25, 0.3) is 0 Å². The second kappa shape index (κ2) is 5.67. The molecule has 0 spiro atoms. The van der Waals surface area contributed by atoms with Crippen molar-refractivity contribution in [1.29, 1.82) is 0 Å². The molecule has 16 heavy (non-hydrogen) atoms. The monoisotopic (exact) mass is 268 g/mol. The summed E-state index contributed by atoms with van der Waals surface area (Å²) in [7, 11) is -1.72. The Hall–Kier alpha value is 0.160. The van der Waals surface area contributed by atoms with Gasteiger partial charge in [0.1, 0.15) is 0 Å². The summed E-state index contributed by atoms with van der Waals surface area (Å²) in [5.41, 5.74) is 0. The van der Waals surface area contributed by atoms with Gasteiger partial charge in [0.15, 0.2) is 0 Å². The van der Waals surface area contributed by atoms with Gasteiger partial charge in [-0.1, -0.05) is 6.92 Å². The normalized spacial score (nSPS) is 22.6. The first-order valence-electron chi connectivity index (χ1n) is 5.68. The molecule has 0 bridgehead atoms. The van der Waals surface area contributed by atoms with Gasteiger partial charge in [-0.3, -0.25) is 0 Å². The quantitative estimate of drug-likeness (QED) is 0.726. The lowest BCUT2D eigenvalue weighted by Gasteiger charge is -2.34. The highest BCUT2D eigenvalue weighted by molar-refractivity contribution is 7.86. The van der Waals surface area contributed by atoms with Crippen LogP contribution in [0.2, 0.25) is 0 Å². The lowest BCUT2D eigenvalue weighted by molar-refractivity contribution is 0.264. The Morgan fingerprint density at radius 3 is 2.38 bits per heavy atom. The van der Waals surface area contributed by atoms with E-state index in [2.05, 4.69) is 6.92 Å². The Bertz CT molecular complexity index is 313. The van der Waals surface area contributed by atoms with Gasteiger partial charge < -0.3 is 0 Å². The molecule has 0 aromatic rings. The fourth-order valence-corrected chi connectivity index (χ4v) is 3.58. The lowest BCUT2D eigenvalue weighted by Crippen LogP contribution is -2.48. The fourth-order valence-electron chi connectivity index (χ4n) is 1.72. The molecule has 0 aliphatic carbocycles. The lowest BCUT2D eigenvalue weighted by atomic mass is 10.0. The Labute approximate surface area is 104 Å². The van der Waals surface area contributed by atoms with Gasteiger partial charge in [0.05, 0.1) is 0 Å². The van der Waals surface area contributed by atoms with Crippen LogP contribution in [-0.4, -0.2) is 49.1 Å². The molecule has 6 heteroatoms. The molecule has 0 saturated carbocycles. The van der Waals surface area contributed by atoms with Crippen molar-refractivity contribution in [2.75, 3.05) is 26.0 Å². The van der Waals surface area contributed by atoms with E-state index >= 15 is 0 Å². The van der Waals surface area contributed by atoms with Gasteiger partial charge in [-0.05, 0) is 25.7 Å². The SMILES string of the molecule is CC1CCN(S(=O)(=O)N(C)C(C)CCl)CC1. The summed E-state index contributed by atoms with van der Waals surface area (Å²) in [6.07, 6.45) is 1.89. The highest BCUT2D eigenvalue weighted by Crippen LogP contribution is 2.21. The van der Waals surface area contributed by atoms with Gasteiger partial charge in [0.25, 0.3) is 10.2 Å². The number of alkyl halides is 1. The topological polar surface area (TPSA) is 40.6 Å². The van der Waals surface area contributed by atoms with Gasteiger partial charge in [-0.25, -0.2) is 0 Å². The Morgan fingerprint density at radius 1 is 1.44 bits per heavy atom. The zero-order valence-corrected chi connectivity index (χ0v) is 11.8. The summed E-state index contributed by atoms with van der Waals surface area (Å²) < 4.78 is 27.3. The molecule has 4 nitrogen and oxygen atoms in total. The summed E-state index contributed by atoms with van der Waals surface area (Å²) >= 11 is 5.69. The average molecular weight is 269 g/mol. The maximum atomic E-state index is 12.2. The minimum atomic E-state index is -3.31. The largest absolute Gasteiger partial charge is 0.282 e. The molecule has 0 amide bonds. The van der Waals surface area contributed by atoms with E-state index in [0.717, 1.165) is 12.8 Å². The molecule has 1 atom stereocenters. The number of hydrogen-bond donors (Lipinski definition) is 0. The molecule has 1 saturated heterocycles. The molecule has 1 rings (SSSR count). The minimum Gasteiger partial charge on any atom is -0.195 e. The molecular weight excluding hydrogens is 248 g/mol. The highest BCUT2D eigenvalue weighted by atomic mass is 35.5. The van der Waals surface area contributed by atoms with Crippen molar-refractivity contribution in [3.05, 3.63) is 0 Å². The van der Waals surface area contributed by atoms with Crippen molar-refractivity contribution in [2.45, 2.75) is 32.7 Å². The fraction of sp³-hybridized carbons (Fsp3) is 1.00. The third-order valence-corrected chi connectivity index (χ3v) is 5.83. The average Bonchev–Trinajstić information content (AvgIpc) is 2.27. The number of rotatable bonds is 4. The maximum Gasteiger partial charge on any atom is 0.282 e. The zero-order chi connectivity index (χ0) is 12.3. The van der Waals surface area contributed by atoms with Crippen LogP contribution in [0.1, 0.15) is 26.7 Å². The van der Waals surface area contributed by atoms with Crippen LogP contribution in [-0.2, 0) is 10.2 Å². The number of hydrogen-bond acceptors (Lipinski definition) is 2. The van der Waals surface area contributed by atoms with Crippen LogP contribution >= 0.6 is 11.6 Å². The number of halogens is 1. The molecule has 1 fully saturated rings. The molecule has 0 aromatic heterocycles. The molecule has 1 aliphatic rings. The number of piperidine rings is 1. The van der Waals surface area contributed by atoms with Gasteiger partial charge in [-0.2, -0.15) is 17.0 Å². The first-order valence-corrected chi connectivity index (χ1v) is 7.61. The van der Waals surface area contributed by atoms with Crippen molar-refractivity contribution in [3.8, 4) is 0 Å². The molecular formula is C10H21ClN2O2S. The third kappa shape index (κ3) is 3.09. The molecule has 1 aliphatic heterocycles. The van der Waals surface area contributed by atoms with E-state index < -0.39 is 10.2 Å². The van der Waals surface area contributed by atoms with E-state index in [9.17, 15) is 8.42 Å². The van der Waals surface area contributed by atoms with Crippen molar-refractivity contribution in [1.82, 2.24) is 8.61 Å². The zero-order valence-electron chi connectivity index (χ0n) is 10.2. The second-order valence-electron chi connectivity index (χ2n) is 4.61. The van der Waals surface area contributed by atoms with Crippen LogP contribution in [0.4, 0.5) is 0 Å². The predicted molar refractivity (Wildman–Crippen MR) is 66.8 cm³/mol. The summed E-state index contributed by atoms with van der Waals surface area (Å²) in [6.45, 7) is 5.23. The molecule has 0 N–H and O–H groups in total. The van der Waals surface area contributed by atoms with E-state index in [0.29, 0.717) is 24.9 Å². The van der Waals surface area contributed by atoms with E-state index in [-0.39, 0.29) is 6.04 Å². The third-order valence-electron chi connectivity index (χ3n) is 3.28. The van der Waals surface area contributed by atoms with Gasteiger partial charge in [0, 0.05) is 32.1 Å². The number of nitrogens with zero attached hydrogens (tertiary/aromatic N) is 2. The first kappa shape index (κ1) is 14.2. The summed E-state index contributed by atoms with van der Waals surface area (Å²) in [5, 5.41) is 0. The molecule has 1 heterocycles. The predicted octanol–water partition coefficient (Wildman–Crippen LogP) is 1.52. The summed E-state index contributed by atoms with van der Waals surface area (Å²) in [5.74, 6) is 0.946. The van der Waals surface area contributed by atoms with Crippen LogP contribution in [0.3, 0.4) is 0 Å². The molecule has 1 unspecified atom stereocenters. The van der Waals surface area contributed by atoms with Crippen molar-refractivity contribution >= 4 is 21.8 Å². The standard InChI is InChI=1S/C10H21ClN2O2S/c1-9-4-6-13(7-5-9)16(14,15)12(3)10(2)8-11/h9-10H,4-8H2,1-3H3. The highest BCUT2D eigenvalue weighted by Gasteiger charge is 2.31. The molecule has 0 aromatic carbocycles. The first-order chi connectivity index (χ1) is 7.39. The van der Waals surface area contributed by atoms with Crippen LogP contribution in [0.15, 0.2) is 0 Å². The van der Waals surface area contributed by atoms with Gasteiger partial charge in [0.2, 0.25) is 0 Å². The van der Waals surface area contributed by atoms with Crippen LogP contribution in [0, 0.1) is 5.92 Å². The maximum absolute atomic E-state index is 12.2. The van der Waals surface area contributed by atoms with Gasteiger partial charge >= 0.3 is 0 Å². The van der Waals surface area contributed by atoms with E-state index in [1.54, 1.807) is 11.4 Å². The summed E-state index contributed by atoms with van der Waals surface area (Å²) in [4.78, 5) is 0. The Balaban J connectivity index is 2.70. The van der Waals surface area contributed by atoms with E-state index in [1.807, 2.05) is 6.92 Å². The Morgan fingerprint density at radius 2 is 1.94 bits per heavy atom. The van der Waals surface area contributed by atoms with Crippen molar-refractivity contribution < 1.29 is 8.42 Å². The smallest absolute Gasteiger partial charge is 0.195 e. The van der Waals surface area contributed by atoms with E-state index in [1.165, 1.54) is 4.31 Å². The molecule has 96 valence electrons. The van der Waals surface area contributed by atoms with Crippen LogP contribution in [0.5, 0.6) is 0 Å². The minimum absolute atomic E-state index is 0.161. The van der Waals surface area contributed by atoms with Crippen molar-refractivity contribution in [2.24, 2.45) is 5.92 Å². The second-order valence-corrected chi connectivity index (χ2v) is 6.91. The molecule has 0 radical (unpaired) electrons. The van der Waals surface area contributed by atoms with Gasteiger partial charge in [-0.15, -0.1) is 11.6 Å². The Kier molecular flexibility index (Phi) is 5.04.